The molecule has 0 aromatic carbocycles. The molecule has 0 unspecified atom stereocenters. The molecule has 0 saturated carbocycles. The van der Waals surface area contributed by atoms with Gasteiger partial charge in [-0.2, -0.15) is 0 Å². The van der Waals surface area contributed by atoms with Crippen LogP contribution in [0.4, 0.5) is 4.39 Å². The highest BCUT2D eigenvalue weighted by atomic mass is 19.1. The molecule has 0 bridgehead atoms. The van der Waals surface area contributed by atoms with Gasteiger partial charge in [-0.3, -0.25) is 4.98 Å². The molecule has 12 heavy (non-hydrogen) atoms. The van der Waals surface area contributed by atoms with E-state index in [0.29, 0.717) is 0 Å². The van der Waals surface area contributed by atoms with Crippen LogP contribution >= 0.6 is 0 Å². The summed E-state index contributed by atoms with van der Waals surface area (Å²) in [5.41, 5.74) is 5.39. The van der Waals surface area contributed by atoms with Gasteiger partial charge in [-0.1, -0.05) is 0 Å². The number of rotatable bonds is 2. The summed E-state index contributed by atoms with van der Waals surface area (Å²) in [5.74, 6) is -0.526. The zero-order valence-corrected chi connectivity index (χ0v) is 6.74. The first-order chi connectivity index (χ1) is 5.63. The number of nitrogens with zero attached hydrogens (tertiary/aromatic N) is 1. The molecule has 0 aliphatic carbocycles. The Kier molecular flexibility index (Phi) is 2.73. The van der Waals surface area contributed by atoms with Crippen molar-refractivity contribution in [2.24, 2.45) is 5.73 Å². The van der Waals surface area contributed by atoms with E-state index in [2.05, 4.69) is 4.98 Å². The third-order valence-electron chi connectivity index (χ3n) is 1.57. The van der Waals surface area contributed by atoms with Gasteiger partial charge in [0, 0.05) is 12.2 Å². The maximum absolute atomic E-state index is 12.9. The summed E-state index contributed by atoms with van der Waals surface area (Å²) in [6.07, 6.45) is 0.385. The monoisotopic (exact) mass is 170 g/mol. The smallest absolute Gasteiger partial charge is 0.147 e. The third-order valence-corrected chi connectivity index (χ3v) is 1.57. The quantitative estimate of drug-likeness (QED) is 0.683. The van der Waals surface area contributed by atoms with Crippen LogP contribution in [0.1, 0.15) is 18.7 Å². The number of pyridine rings is 1. The Labute approximate surface area is 70.0 Å². The zero-order chi connectivity index (χ0) is 9.14. The molecular weight excluding hydrogens is 159 g/mol. The fraction of sp³-hybridized carbons (Fsp3) is 0.375. The summed E-state index contributed by atoms with van der Waals surface area (Å²) >= 11 is 0. The third kappa shape index (κ3) is 1.78. The van der Waals surface area contributed by atoms with Crippen molar-refractivity contribution < 1.29 is 9.50 Å². The first-order valence-electron chi connectivity index (χ1n) is 3.67. The van der Waals surface area contributed by atoms with Gasteiger partial charge in [-0.25, -0.2) is 4.39 Å². The SMILES string of the molecule is C[C@@H](N)[C@H](O)c1ncccc1F. The van der Waals surface area contributed by atoms with Crippen LogP contribution in [0.3, 0.4) is 0 Å². The van der Waals surface area contributed by atoms with E-state index in [4.69, 9.17) is 5.73 Å². The fourth-order valence-corrected chi connectivity index (χ4v) is 0.865. The highest BCUT2D eigenvalue weighted by Gasteiger charge is 2.17. The predicted molar refractivity (Wildman–Crippen MR) is 42.8 cm³/mol. The first-order valence-corrected chi connectivity index (χ1v) is 3.67. The summed E-state index contributed by atoms with van der Waals surface area (Å²) < 4.78 is 12.9. The van der Waals surface area contributed by atoms with Crippen molar-refractivity contribution in [3.05, 3.63) is 29.8 Å². The number of nitrogens with two attached hydrogens (primary N) is 1. The van der Waals surface area contributed by atoms with Crippen molar-refractivity contribution in [2.45, 2.75) is 19.1 Å². The summed E-state index contributed by atoms with van der Waals surface area (Å²) in [6.45, 7) is 1.60. The van der Waals surface area contributed by atoms with Crippen LogP contribution < -0.4 is 5.73 Å². The number of aliphatic hydroxyl groups is 1. The van der Waals surface area contributed by atoms with Crippen LogP contribution in [0.15, 0.2) is 18.3 Å². The van der Waals surface area contributed by atoms with Gasteiger partial charge in [-0.15, -0.1) is 0 Å². The summed E-state index contributed by atoms with van der Waals surface area (Å²) in [4.78, 5) is 3.69. The highest BCUT2D eigenvalue weighted by Crippen LogP contribution is 2.15. The van der Waals surface area contributed by atoms with Crippen molar-refractivity contribution >= 4 is 0 Å². The molecule has 1 rings (SSSR count). The van der Waals surface area contributed by atoms with E-state index < -0.39 is 18.0 Å². The highest BCUT2D eigenvalue weighted by molar-refractivity contribution is 5.11. The van der Waals surface area contributed by atoms with Gasteiger partial charge < -0.3 is 10.8 Å². The van der Waals surface area contributed by atoms with Gasteiger partial charge in [0.1, 0.15) is 17.6 Å². The molecule has 1 aromatic rings. The number of halogens is 1. The van der Waals surface area contributed by atoms with E-state index in [1.54, 1.807) is 6.92 Å². The Bertz CT molecular complexity index is 265. The molecule has 0 amide bonds. The molecule has 1 aromatic heterocycles. The second-order valence-electron chi connectivity index (χ2n) is 2.67. The maximum atomic E-state index is 12.9. The molecule has 1 heterocycles. The van der Waals surface area contributed by atoms with Crippen LogP contribution in [-0.4, -0.2) is 16.1 Å². The van der Waals surface area contributed by atoms with Crippen molar-refractivity contribution in [1.29, 1.82) is 0 Å². The Balaban J connectivity index is 2.94. The van der Waals surface area contributed by atoms with Gasteiger partial charge in [0.25, 0.3) is 0 Å². The van der Waals surface area contributed by atoms with Gasteiger partial charge in [0.05, 0.1) is 0 Å². The average Bonchev–Trinajstić information content (AvgIpc) is 2.04. The number of hydrogen-bond donors (Lipinski definition) is 2. The van der Waals surface area contributed by atoms with E-state index in [9.17, 15) is 9.50 Å². The van der Waals surface area contributed by atoms with Crippen LogP contribution in [0.25, 0.3) is 0 Å². The van der Waals surface area contributed by atoms with Crippen LogP contribution in [-0.2, 0) is 0 Å². The minimum Gasteiger partial charge on any atom is -0.385 e. The van der Waals surface area contributed by atoms with Crippen molar-refractivity contribution in [2.75, 3.05) is 0 Å². The molecule has 3 N–H and O–H groups in total. The Morgan fingerprint density at radius 3 is 2.83 bits per heavy atom. The fourth-order valence-electron chi connectivity index (χ4n) is 0.865. The van der Waals surface area contributed by atoms with E-state index in [0.717, 1.165) is 0 Å². The molecule has 0 spiro atoms. The molecule has 3 nitrogen and oxygen atoms in total. The summed E-state index contributed by atoms with van der Waals surface area (Å²) in [6, 6.07) is 2.19. The molecule has 4 heteroatoms. The Hall–Kier alpha value is -1.00. The van der Waals surface area contributed by atoms with Gasteiger partial charge in [0.15, 0.2) is 0 Å². The Morgan fingerprint density at radius 1 is 1.67 bits per heavy atom. The van der Waals surface area contributed by atoms with Crippen molar-refractivity contribution in [3.8, 4) is 0 Å². The van der Waals surface area contributed by atoms with Crippen molar-refractivity contribution in [3.63, 3.8) is 0 Å². The van der Waals surface area contributed by atoms with Gasteiger partial charge in [-0.05, 0) is 19.1 Å². The first kappa shape index (κ1) is 9.09. The lowest BCUT2D eigenvalue weighted by atomic mass is 10.1. The van der Waals surface area contributed by atoms with Crippen LogP contribution in [0.2, 0.25) is 0 Å². The lowest BCUT2D eigenvalue weighted by Gasteiger charge is -2.13. The maximum Gasteiger partial charge on any atom is 0.147 e. The predicted octanol–water partition coefficient (Wildman–Crippen LogP) is 0.601. The zero-order valence-electron chi connectivity index (χ0n) is 6.74. The molecule has 0 fully saturated rings. The van der Waals surface area contributed by atoms with Crippen LogP contribution in [0, 0.1) is 5.82 Å². The molecule has 2 atom stereocenters. The lowest BCUT2D eigenvalue weighted by molar-refractivity contribution is 0.144. The summed E-state index contributed by atoms with van der Waals surface area (Å²) in [7, 11) is 0. The van der Waals surface area contributed by atoms with E-state index in [1.165, 1.54) is 18.3 Å². The number of aromatic nitrogens is 1. The number of aliphatic hydroxyl groups excluding tert-OH is 1. The lowest BCUT2D eigenvalue weighted by Crippen LogP contribution is -2.25. The minimum absolute atomic E-state index is 0.00694. The van der Waals surface area contributed by atoms with E-state index in [1.807, 2.05) is 0 Å². The second kappa shape index (κ2) is 3.60. The molecular formula is C8H11FN2O. The topological polar surface area (TPSA) is 59.1 Å². The molecule has 66 valence electrons. The normalized spacial score (nSPS) is 15.7. The minimum atomic E-state index is -1.04. The van der Waals surface area contributed by atoms with Gasteiger partial charge in [0.2, 0.25) is 0 Å². The molecule has 0 aliphatic heterocycles. The average molecular weight is 170 g/mol. The van der Waals surface area contributed by atoms with E-state index >= 15 is 0 Å². The molecule has 0 saturated heterocycles. The molecule has 0 radical (unpaired) electrons. The largest absolute Gasteiger partial charge is 0.385 e. The second-order valence-corrected chi connectivity index (χ2v) is 2.67. The van der Waals surface area contributed by atoms with Gasteiger partial charge >= 0.3 is 0 Å². The van der Waals surface area contributed by atoms with Crippen LogP contribution in [0.5, 0.6) is 0 Å². The Morgan fingerprint density at radius 2 is 2.33 bits per heavy atom. The van der Waals surface area contributed by atoms with E-state index in [-0.39, 0.29) is 5.69 Å². The standard InChI is InChI=1S/C8H11FN2O/c1-5(10)8(12)7-6(9)3-2-4-11-7/h2-5,8,12H,10H2,1H3/t5-,8+/m1/s1. The summed E-state index contributed by atoms with van der Waals surface area (Å²) in [5, 5.41) is 9.35. The number of hydrogen-bond acceptors (Lipinski definition) is 3. The molecule has 0 aliphatic rings. The van der Waals surface area contributed by atoms with Crippen molar-refractivity contribution in [1.82, 2.24) is 4.98 Å².